The van der Waals surface area contributed by atoms with Crippen LogP contribution in [0.3, 0.4) is 0 Å². The lowest BCUT2D eigenvalue weighted by molar-refractivity contribution is 0.0985. The largest absolute Gasteiger partial charge is 0.497 e. The fraction of sp³-hybridized carbons (Fsp3) is 0.316. The minimum absolute atomic E-state index is 0.111. The molecule has 1 amide bonds. The van der Waals surface area contributed by atoms with E-state index < -0.39 is 10.0 Å². The predicted molar refractivity (Wildman–Crippen MR) is 100 cm³/mol. The van der Waals surface area contributed by atoms with E-state index in [1.807, 2.05) is 18.2 Å². The van der Waals surface area contributed by atoms with Gasteiger partial charge in [0.25, 0.3) is 5.91 Å². The molecule has 3 rings (SSSR count). The molecule has 0 bridgehead atoms. The van der Waals surface area contributed by atoms with E-state index >= 15 is 0 Å². The highest BCUT2D eigenvalue weighted by Crippen LogP contribution is 2.31. The number of carbonyl (C=O) groups excluding carboxylic acids is 1. The van der Waals surface area contributed by atoms with E-state index in [0.29, 0.717) is 12.1 Å². The number of nitrogens with zero attached hydrogens (tertiary/aromatic N) is 2. The van der Waals surface area contributed by atoms with Gasteiger partial charge in [0.1, 0.15) is 5.75 Å². The van der Waals surface area contributed by atoms with Gasteiger partial charge in [0, 0.05) is 31.9 Å². The minimum Gasteiger partial charge on any atom is -0.497 e. The number of fused-ring (bicyclic) bond motifs is 1. The standard InChI is InChI=1S/C19H22N2O4S/c1-20(2)26(23,24)17-8-4-6-15(13-17)19(22)21-11-5-7-14-12-16(25-3)9-10-18(14)21/h4,6,8-10,12-13H,5,7,11H2,1-3H3. The number of hydrogen-bond acceptors (Lipinski definition) is 4. The maximum absolute atomic E-state index is 13.1. The Morgan fingerprint density at radius 2 is 1.92 bits per heavy atom. The van der Waals surface area contributed by atoms with E-state index in [1.165, 1.54) is 26.2 Å². The van der Waals surface area contributed by atoms with Crippen LogP contribution in [0.5, 0.6) is 5.75 Å². The number of rotatable bonds is 4. The topological polar surface area (TPSA) is 66.9 Å². The summed E-state index contributed by atoms with van der Waals surface area (Å²) in [5.41, 5.74) is 2.26. The number of hydrogen-bond donors (Lipinski definition) is 0. The van der Waals surface area contributed by atoms with E-state index in [9.17, 15) is 13.2 Å². The molecule has 0 fully saturated rings. The predicted octanol–water partition coefficient (Wildman–Crippen LogP) is 2.54. The van der Waals surface area contributed by atoms with Gasteiger partial charge in [-0.25, -0.2) is 12.7 Å². The van der Waals surface area contributed by atoms with Crippen molar-refractivity contribution >= 4 is 21.6 Å². The summed E-state index contributed by atoms with van der Waals surface area (Å²) in [4.78, 5) is 14.9. The Bertz CT molecular complexity index is 938. The Balaban J connectivity index is 1.97. The highest BCUT2D eigenvalue weighted by Gasteiger charge is 2.25. The summed E-state index contributed by atoms with van der Waals surface area (Å²) in [6.07, 6.45) is 1.73. The Morgan fingerprint density at radius 1 is 1.15 bits per heavy atom. The SMILES string of the molecule is COc1ccc2c(c1)CCCN2C(=O)c1cccc(S(=O)(=O)N(C)C)c1. The second-order valence-electron chi connectivity index (χ2n) is 6.37. The average molecular weight is 374 g/mol. The van der Waals surface area contributed by atoms with E-state index in [2.05, 4.69) is 0 Å². The first-order valence-corrected chi connectivity index (χ1v) is 9.80. The second-order valence-corrected chi connectivity index (χ2v) is 8.52. The number of methoxy groups -OCH3 is 1. The zero-order valence-corrected chi connectivity index (χ0v) is 15.9. The van der Waals surface area contributed by atoms with Gasteiger partial charge in [-0.2, -0.15) is 0 Å². The molecule has 2 aromatic rings. The van der Waals surface area contributed by atoms with E-state index in [0.717, 1.165) is 34.1 Å². The molecule has 2 aromatic carbocycles. The molecule has 0 unspecified atom stereocenters. The molecular weight excluding hydrogens is 352 g/mol. The molecule has 0 saturated carbocycles. The molecule has 0 saturated heterocycles. The van der Waals surface area contributed by atoms with Crippen molar-refractivity contribution in [3.8, 4) is 5.75 Å². The van der Waals surface area contributed by atoms with Crippen molar-refractivity contribution in [3.05, 3.63) is 53.6 Å². The van der Waals surface area contributed by atoms with Gasteiger partial charge in [0.05, 0.1) is 12.0 Å². The molecule has 1 heterocycles. The van der Waals surface area contributed by atoms with Gasteiger partial charge >= 0.3 is 0 Å². The molecule has 0 aliphatic carbocycles. The Labute approximate surface area is 154 Å². The lowest BCUT2D eigenvalue weighted by Crippen LogP contribution is -2.35. The Morgan fingerprint density at radius 3 is 2.62 bits per heavy atom. The van der Waals surface area contributed by atoms with Crippen LogP contribution >= 0.6 is 0 Å². The molecular formula is C19H22N2O4S. The summed E-state index contributed by atoms with van der Waals surface area (Å²) in [5.74, 6) is 0.559. The van der Waals surface area contributed by atoms with Crippen molar-refractivity contribution < 1.29 is 17.9 Å². The molecule has 1 aliphatic rings. The van der Waals surface area contributed by atoms with Crippen LogP contribution in [-0.2, 0) is 16.4 Å². The average Bonchev–Trinajstić information content (AvgIpc) is 2.66. The van der Waals surface area contributed by atoms with Gasteiger partial charge < -0.3 is 9.64 Å². The van der Waals surface area contributed by atoms with Crippen LogP contribution in [0.15, 0.2) is 47.4 Å². The zero-order chi connectivity index (χ0) is 18.9. The van der Waals surface area contributed by atoms with E-state index in [1.54, 1.807) is 24.1 Å². The van der Waals surface area contributed by atoms with Crippen LogP contribution in [0, 0.1) is 0 Å². The highest BCUT2D eigenvalue weighted by atomic mass is 32.2. The maximum Gasteiger partial charge on any atom is 0.258 e. The molecule has 138 valence electrons. The Kier molecular flexibility index (Phi) is 5.02. The third-order valence-electron chi connectivity index (χ3n) is 4.51. The van der Waals surface area contributed by atoms with Crippen LogP contribution in [0.2, 0.25) is 0 Å². The van der Waals surface area contributed by atoms with Crippen molar-refractivity contribution in [2.24, 2.45) is 0 Å². The summed E-state index contributed by atoms with van der Waals surface area (Å²) in [7, 11) is 0.969. The van der Waals surface area contributed by atoms with Gasteiger partial charge in [0.15, 0.2) is 0 Å². The second kappa shape index (κ2) is 7.09. The van der Waals surface area contributed by atoms with Crippen molar-refractivity contribution in [1.82, 2.24) is 4.31 Å². The first kappa shape index (κ1) is 18.4. The Hall–Kier alpha value is -2.38. The van der Waals surface area contributed by atoms with Crippen LogP contribution in [0.1, 0.15) is 22.3 Å². The molecule has 6 nitrogen and oxygen atoms in total. The summed E-state index contributed by atoms with van der Waals surface area (Å²) in [6, 6.07) is 11.8. The quantitative estimate of drug-likeness (QED) is 0.825. The van der Waals surface area contributed by atoms with Crippen molar-refractivity contribution in [1.29, 1.82) is 0 Å². The first-order valence-electron chi connectivity index (χ1n) is 8.36. The summed E-state index contributed by atoms with van der Waals surface area (Å²) >= 11 is 0. The smallest absolute Gasteiger partial charge is 0.258 e. The molecule has 0 atom stereocenters. The third-order valence-corrected chi connectivity index (χ3v) is 6.32. The van der Waals surface area contributed by atoms with Crippen LogP contribution < -0.4 is 9.64 Å². The van der Waals surface area contributed by atoms with Gasteiger partial charge in [-0.15, -0.1) is 0 Å². The monoisotopic (exact) mass is 374 g/mol. The third kappa shape index (κ3) is 3.32. The van der Waals surface area contributed by atoms with Crippen LogP contribution in [0.25, 0.3) is 0 Å². The van der Waals surface area contributed by atoms with E-state index in [4.69, 9.17) is 4.74 Å². The van der Waals surface area contributed by atoms with Gasteiger partial charge in [-0.05, 0) is 54.8 Å². The number of benzene rings is 2. The fourth-order valence-electron chi connectivity index (χ4n) is 3.07. The van der Waals surface area contributed by atoms with Crippen molar-refractivity contribution in [3.63, 3.8) is 0 Å². The van der Waals surface area contributed by atoms with Gasteiger partial charge in [0.2, 0.25) is 10.0 Å². The summed E-state index contributed by atoms with van der Waals surface area (Å²) < 4.78 is 31.1. The molecule has 0 aromatic heterocycles. The number of carbonyl (C=O) groups is 1. The lowest BCUT2D eigenvalue weighted by atomic mass is 10.0. The van der Waals surface area contributed by atoms with Gasteiger partial charge in [-0.3, -0.25) is 4.79 Å². The van der Waals surface area contributed by atoms with Crippen LogP contribution in [-0.4, -0.2) is 46.4 Å². The molecule has 0 N–H and O–H groups in total. The maximum atomic E-state index is 13.1. The molecule has 26 heavy (non-hydrogen) atoms. The fourth-order valence-corrected chi connectivity index (χ4v) is 4.02. The number of aryl methyl sites for hydroxylation is 1. The highest BCUT2D eigenvalue weighted by molar-refractivity contribution is 7.89. The first-order chi connectivity index (χ1) is 12.3. The van der Waals surface area contributed by atoms with Crippen molar-refractivity contribution in [2.45, 2.75) is 17.7 Å². The summed E-state index contributed by atoms with van der Waals surface area (Å²) in [6.45, 7) is 0.600. The number of sulfonamides is 1. The summed E-state index contributed by atoms with van der Waals surface area (Å²) in [5, 5.41) is 0. The molecule has 0 radical (unpaired) electrons. The van der Waals surface area contributed by atoms with E-state index in [-0.39, 0.29) is 10.8 Å². The lowest BCUT2D eigenvalue weighted by Gasteiger charge is -2.30. The molecule has 1 aliphatic heterocycles. The molecule has 0 spiro atoms. The number of anilines is 1. The number of amides is 1. The van der Waals surface area contributed by atoms with Crippen molar-refractivity contribution in [2.75, 3.05) is 32.6 Å². The normalized spacial score (nSPS) is 14.2. The van der Waals surface area contributed by atoms with Crippen LogP contribution in [0.4, 0.5) is 5.69 Å². The van der Waals surface area contributed by atoms with Gasteiger partial charge in [-0.1, -0.05) is 6.07 Å². The molecule has 7 heteroatoms. The zero-order valence-electron chi connectivity index (χ0n) is 15.1. The number of ether oxygens (including phenoxy) is 1. The minimum atomic E-state index is -3.59.